The van der Waals surface area contributed by atoms with Gasteiger partial charge in [0.2, 0.25) is 0 Å². The maximum Gasteiger partial charge on any atom is 0.134 e. The van der Waals surface area contributed by atoms with Gasteiger partial charge in [0.25, 0.3) is 0 Å². The fourth-order valence-electron chi connectivity index (χ4n) is 2.99. The molecule has 0 aromatic carbocycles. The first-order valence-corrected chi connectivity index (χ1v) is 8.64. The summed E-state index contributed by atoms with van der Waals surface area (Å²) < 4.78 is 0. The first-order chi connectivity index (χ1) is 11.6. The van der Waals surface area contributed by atoms with Crippen molar-refractivity contribution in [3.05, 3.63) is 41.4 Å². The van der Waals surface area contributed by atoms with Crippen LogP contribution >= 0.6 is 11.6 Å². The van der Waals surface area contributed by atoms with E-state index in [1.807, 2.05) is 25.3 Å². The summed E-state index contributed by atoms with van der Waals surface area (Å²) in [5.41, 5.74) is 0. The zero-order valence-corrected chi connectivity index (χ0v) is 14.9. The van der Waals surface area contributed by atoms with E-state index in [2.05, 4.69) is 43.1 Å². The first kappa shape index (κ1) is 16.9. The van der Waals surface area contributed by atoms with Crippen LogP contribution in [0.3, 0.4) is 0 Å². The molecule has 6 nitrogen and oxygen atoms in total. The van der Waals surface area contributed by atoms with Gasteiger partial charge in [-0.2, -0.15) is 0 Å². The normalized spacial score (nSPS) is 16.9. The SMILES string of the molecule is Cc1nc(Cl)cc(NC(C)CN2CCN(c3ccccn3)CC2)n1. The molecule has 1 atom stereocenters. The molecule has 0 saturated carbocycles. The van der Waals surface area contributed by atoms with E-state index in [-0.39, 0.29) is 6.04 Å². The topological polar surface area (TPSA) is 57.2 Å². The molecule has 0 spiro atoms. The predicted molar refractivity (Wildman–Crippen MR) is 97.8 cm³/mol. The number of aromatic nitrogens is 3. The second-order valence-corrected chi connectivity index (χ2v) is 6.53. The van der Waals surface area contributed by atoms with Gasteiger partial charge in [0, 0.05) is 51.0 Å². The van der Waals surface area contributed by atoms with Gasteiger partial charge in [0.15, 0.2) is 0 Å². The number of aryl methyl sites for hydroxylation is 1. The van der Waals surface area contributed by atoms with Crippen molar-refractivity contribution in [2.45, 2.75) is 19.9 Å². The minimum absolute atomic E-state index is 0.289. The molecule has 3 rings (SSSR count). The minimum Gasteiger partial charge on any atom is -0.366 e. The maximum absolute atomic E-state index is 5.99. The predicted octanol–water partition coefficient (Wildman–Crippen LogP) is 2.46. The Morgan fingerprint density at radius 3 is 2.67 bits per heavy atom. The summed E-state index contributed by atoms with van der Waals surface area (Å²) in [5, 5.41) is 3.88. The second-order valence-electron chi connectivity index (χ2n) is 6.14. The third kappa shape index (κ3) is 4.55. The van der Waals surface area contributed by atoms with E-state index in [0.717, 1.165) is 44.4 Å². The van der Waals surface area contributed by atoms with E-state index in [4.69, 9.17) is 11.6 Å². The van der Waals surface area contributed by atoms with Gasteiger partial charge in [0.05, 0.1) is 0 Å². The molecule has 2 aromatic heterocycles. The lowest BCUT2D eigenvalue weighted by Gasteiger charge is -2.36. The Bertz CT molecular complexity index is 637. The van der Waals surface area contributed by atoms with Crippen LogP contribution in [0, 0.1) is 6.92 Å². The van der Waals surface area contributed by atoms with Gasteiger partial charge in [-0.3, -0.25) is 4.90 Å². The number of piperazine rings is 1. The molecule has 24 heavy (non-hydrogen) atoms. The van der Waals surface area contributed by atoms with Crippen LogP contribution in [0.1, 0.15) is 12.7 Å². The van der Waals surface area contributed by atoms with Gasteiger partial charge in [-0.05, 0) is 26.0 Å². The summed E-state index contributed by atoms with van der Waals surface area (Å²) in [4.78, 5) is 17.7. The number of hydrogen-bond acceptors (Lipinski definition) is 6. The van der Waals surface area contributed by atoms with Crippen molar-refractivity contribution in [3.8, 4) is 0 Å². The molecule has 0 bridgehead atoms. The Labute approximate surface area is 147 Å². The van der Waals surface area contributed by atoms with Crippen LogP contribution < -0.4 is 10.2 Å². The molecule has 1 N–H and O–H groups in total. The molecule has 7 heteroatoms. The fourth-order valence-corrected chi connectivity index (χ4v) is 3.22. The van der Waals surface area contributed by atoms with E-state index in [9.17, 15) is 0 Å². The zero-order chi connectivity index (χ0) is 16.9. The summed E-state index contributed by atoms with van der Waals surface area (Å²) in [6.07, 6.45) is 1.85. The smallest absolute Gasteiger partial charge is 0.134 e. The Hall–Kier alpha value is -1.92. The standard InChI is InChI=1S/C17H23ClN6/c1-13(20-16-11-15(18)21-14(2)22-16)12-23-7-9-24(10-8-23)17-5-3-4-6-19-17/h3-6,11,13H,7-10,12H2,1-2H3,(H,20,21,22). The van der Waals surface area contributed by atoms with Crippen LogP contribution in [0.4, 0.5) is 11.6 Å². The van der Waals surface area contributed by atoms with Crippen molar-refractivity contribution >= 4 is 23.2 Å². The van der Waals surface area contributed by atoms with Crippen molar-refractivity contribution in [3.63, 3.8) is 0 Å². The highest BCUT2D eigenvalue weighted by Gasteiger charge is 2.19. The summed E-state index contributed by atoms with van der Waals surface area (Å²) in [7, 11) is 0. The Morgan fingerprint density at radius 2 is 2.00 bits per heavy atom. The number of pyridine rings is 1. The Kier molecular flexibility index (Phi) is 5.48. The minimum atomic E-state index is 0.289. The molecule has 1 aliphatic heterocycles. The molecular weight excluding hydrogens is 324 g/mol. The summed E-state index contributed by atoms with van der Waals surface area (Å²) in [6, 6.07) is 8.12. The molecule has 1 fully saturated rings. The van der Waals surface area contributed by atoms with Crippen molar-refractivity contribution < 1.29 is 0 Å². The summed E-state index contributed by atoms with van der Waals surface area (Å²) >= 11 is 5.99. The van der Waals surface area contributed by atoms with Gasteiger partial charge in [-0.1, -0.05) is 17.7 Å². The van der Waals surface area contributed by atoms with Gasteiger partial charge in [-0.15, -0.1) is 0 Å². The molecule has 2 aromatic rings. The zero-order valence-electron chi connectivity index (χ0n) is 14.1. The molecule has 1 saturated heterocycles. The van der Waals surface area contributed by atoms with Crippen molar-refractivity contribution in [2.24, 2.45) is 0 Å². The number of nitrogens with zero attached hydrogens (tertiary/aromatic N) is 5. The molecule has 1 aliphatic rings. The van der Waals surface area contributed by atoms with E-state index >= 15 is 0 Å². The number of anilines is 2. The van der Waals surface area contributed by atoms with E-state index in [1.54, 1.807) is 6.07 Å². The monoisotopic (exact) mass is 346 g/mol. The van der Waals surface area contributed by atoms with E-state index in [0.29, 0.717) is 11.0 Å². The largest absolute Gasteiger partial charge is 0.366 e. The number of hydrogen-bond donors (Lipinski definition) is 1. The number of halogens is 1. The van der Waals surface area contributed by atoms with Gasteiger partial charge < -0.3 is 10.2 Å². The van der Waals surface area contributed by atoms with Crippen LogP contribution in [-0.4, -0.2) is 58.6 Å². The average Bonchev–Trinajstić information content (AvgIpc) is 2.55. The van der Waals surface area contributed by atoms with Crippen LogP contribution in [0.5, 0.6) is 0 Å². The Morgan fingerprint density at radius 1 is 1.21 bits per heavy atom. The average molecular weight is 347 g/mol. The van der Waals surface area contributed by atoms with Gasteiger partial charge in [0.1, 0.15) is 22.6 Å². The van der Waals surface area contributed by atoms with Crippen LogP contribution in [0.15, 0.2) is 30.5 Å². The second kappa shape index (κ2) is 7.77. The molecule has 0 aliphatic carbocycles. The van der Waals surface area contributed by atoms with Crippen molar-refractivity contribution in [2.75, 3.05) is 42.9 Å². The van der Waals surface area contributed by atoms with E-state index in [1.165, 1.54) is 0 Å². The molecule has 0 radical (unpaired) electrons. The fraction of sp³-hybridized carbons (Fsp3) is 0.471. The van der Waals surface area contributed by atoms with Crippen LogP contribution in [-0.2, 0) is 0 Å². The third-order valence-electron chi connectivity index (χ3n) is 4.08. The highest BCUT2D eigenvalue weighted by atomic mass is 35.5. The lowest BCUT2D eigenvalue weighted by Crippen LogP contribution is -2.49. The number of nitrogens with one attached hydrogen (secondary N) is 1. The molecular formula is C17H23ClN6. The molecule has 128 valence electrons. The van der Waals surface area contributed by atoms with Crippen LogP contribution in [0.25, 0.3) is 0 Å². The Balaban J connectivity index is 1.49. The lowest BCUT2D eigenvalue weighted by atomic mass is 10.2. The highest BCUT2D eigenvalue weighted by Crippen LogP contribution is 2.15. The van der Waals surface area contributed by atoms with Gasteiger partial charge in [-0.25, -0.2) is 15.0 Å². The van der Waals surface area contributed by atoms with E-state index < -0.39 is 0 Å². The number of rotatable bonds is 5. The maximum atomic E-state index is 5.99. The van der Waals surface area contributed by atoms with Crippen molar-refractivity contribution in [1.29, 1.82) is 0 Å². The first-order valence-electron chi connectivity index (χ1n) is 8.26. The summed E-state index contributed by atoms with van der Waals surface area (Å²) in [6.45, 7) is 9.05. The highest BCUT2D eigenvalue weighted by molar-refractivity contribution is 6.29. The molecule has 0 amide bonds. The molecule has 1 unspecified atom stereocenters. The van der Waals surface area contributed by atoms with Crippen molar-refractivity contribution in [1.82, 2.24) is 19.9 Å². The van der Waals surface area contributed by atoms with Crippen LogP contribution in [0.2, 0.25) is 5.15 Å². The lowest BCUT2D eigenvalue weighted by molar-refractivity contribution is 0.250. The molecule has 3 heterocycles. The van der Waals surface area contributed by atoms with Gasteiger partial charge >= 0.3 is 0 Å². The quantitative estimate of drug-likeness (QED) is 0.839. The third-order valence-corrected chi connectivity index (χ3v) is 4.27. The summed E-state index contributed by atoms with van der Waals surface area (Å²) in [5.74, 6) is 2.53.